The summed E-state index contributed by atoms with van der Waals surface area (Å²) in [7, 11) is 1.50. The van der Waals surface area contributed by atoms with Gasteiger partial charge in [-0.3, -0.25) is 9.69 Å². The van der Waals surface area contributed by atoms with Gasteiger partial charge in [0.15, 0.2) is 0 Å². The molecule has 3 amide bonds. The van der Waals surface area contributed by atoms with Gasteiger partial charge in [-0.2, -0.15) is 0 Å². The Kier molecular flexibility index (Phi) is 3.39. The molecule has 1 aromatic rings. The van der Waals surface area contributed by atoms with Crippen LogP contribution in [-0.2, 0) is 16.1 Å². The molecule has 1 unspecified atom stereocenters. The first-order valence-electron chi connectivity index (χ1n) is 5.37. The number of carbonyl (C=O) groups excluding carboxylic acids is 2. The van der Waals surface area contributed by atoms with Crippen LogP contribution in [0.4, 0.5) is 4.79 Å². The highest BCUT2D eigenvalue weighted by atomic mass is 16.5. The molecule has 0 saturated carbocycles. The number of imide groups is 1. The van der Waals surface area contributed by atoms with E-state index < -0.39 is 6.04 Å². The number of methoxy groups -OCH3 is 1. The Morgan fingerprint density at radius 2 is 2.00 bits per heavy atom. The zero-order chi connectivity index (χ0) is 12.3. The number of amides is 3. The maximum atomic E-state index is 11.9. The van der Waals surface area contributed by atoms with Crippen molar-refractivity contribution in [3.8, 4) is 0 Å². The Morgan fingerprint density at radius 3 is 2.65 bits per heavy atom. The van der Waals surface area contributed by atoms with Crippen LogP contribution in [0.15, 0.2) is 30.3 Å². The molecule has 1 aliphatic heterocycles. The summed E-state index contributed by atoms with van der Waals surface area (Å²) >= 11 is 0. The van der Waals surface area contributed by atoms with Crippen LogP contribution in [-0.4, -0.2) is 36.6 Å². The summed E-state index contributed by atoms with van der Waals surface area (Å²) in [6, 6.07) is 8.48. The van der Waals surface area contributed by atoms with Gasteiger partial charge in [-0.1, -0.05) is 30.3 Å². The van der Waals surface area contributed by atoms with Crippen molar-refractivity contribution in [3.63, 3.8) is 0 Å². The number of hydrogen-bond donors (Lipinski definition) is 1. The summed E-state index contributed by atoms with van der Waals surface area (Å²) in [5.74, 6) is -0.235. The van der Waals surface area contributed by atoms with Crippen LogP contribution in [0.5, 0.6) is 0 Å². The van der Waals surface area contributed by atoms with Gasteiger partial charge in [-0.15, -0.1) is 0 Å². The smallest absolute Gasteiger partial charge is 0.325 e. The molecule has 1 fully saturated rings. The second kappa shape index (κ2) is 4.97. The van der Waals surface area contributed by atoms with Gasteiger partial charge in [-0.25, -0.2) is 4.79 Å². The van der Waals surface area contributed by atoms with Crippen molar-refractivity contribution in [1.29, 1.82) is 0 Å². The summed E-state index contributed by atoms with van der Waals surface area (Å²) in [6.07, 6.45) is 0. The zero-order valence-electron chi connectivity index (χ0n) is 9.55. The first-order valence-corrected chi connectivity index (χ1v) is 5.37. The van der Waals surface area contributed by atoms with E-state index in [2.05, 4.69) is 5.32 Å². The van der Waals surface area contributed by atoms with Crippen LogP contribution < -0.4 is 5.32 Å². The molecule has 0 aliphatic carbocycles. The van der Waals surface area contributed by atoms with Crippen molar-refractivity contribution in [2.24, 2.45) is 0 Å². The second-order valence-corrected chi connectivity index (χ2v) is 3.87. The summed E-state index contributed by atoms with van der Waals surface area (Å²) in [5.41, 5.74) is 0.925. The van der Waals surface area contributed by atoms with E-state index >= 15 is 0 Å². The molecule has 0 aromatic heterocycles. The highest BCUT2D eigenvalue weighted by Crippen LogP contribution is 2.11. The maximum absolute atomic E-state index is 11.9. The molecule has 5 nitrogen and oxygen atoms in total. The monoisotopic (exact) mass is 234 g/mol. The molecule has 17 heavy (non-hydrogen) atoms. The molecule has 2 rings (SSSR count). The van der Waals surface area contributed by atoms with E-state index in [0.717, 1.165) is 5.56 Å². The van der Waals surface area contributed by atoms with Gasteiger partial charge < -0.3 is 10.1 Å². The Hall–Kier alpha value is -1.88. The average molecular weight is 234 g/mol. The van der Waals surface area contributed by atoms with Crippen molar-refractivity contribution in [2.45, 2.75) is 12.6 Å². The molecule has 1 atom stereocenters. The third-order valence-electron chi connectivity index (χ3n) is 2.62. The summed E-state index contributed by atoms with van der Waals surface area (Å²) in [6.45, 7) is 0.502. The number of urea groups is 1. The largest absolute Gasteiger partial charge is 0.382 e. The Labute approximate surface area is 99.4 Å². The Balaban J connectivity index is 2.07. The SMILES string of the molecule is COCC1NC(=O)N(Cc2ccccc2)C1=O. The molecule has 0 radical (unpaired) electrons. The van der Waals surface area contributed by atoms with E-state index in [0.29, 0.717) is 6.54 Å². The number of nitrogens with zero attached hydrogens (tertiary/aromatic N) is 1. The molecule has 1 heterocycles. The first kappa shape index (κ1) is 11.6. The number of benzene rings is 1. The van der Waals surface area contributed by atoms with Crippen LogP contribution in [0.1, 0.15) is 5.56 Å². The van der Waals surface area contributed by atoms with Gasteiger partial charge in [0.05, 0.1) is 13.2 Å². The molecular weight excluding hydrogens is 220 g/mol. The van der Waals surface area contributed by atoms with E-state index in [-0.39, 0.29) is 18.5 Å². The van der Waals surface area contributed by atoms with Crippen LogP contribution >= 0.6 is 0 Å². The van der Waals surface area contributed by atoms with E-state index in [1.807, 2.05) is 30.3 Å². The summed E-state index contributed by atoms with van der Waals surface area (Å²) in [4.78, 5) is 24.7. The molecule has 5 heteroatoms. The maximum Gasteiger partial charge on any atom is 0.325 e. The van der Waals surface area contributed by atoms with Crippen LogP contribution in [0, 0.1) is 0 Å². The van der Waals surface area contributed by atoms with Gasteiger partial charge in [-0.05, 0) is 5.56 Å². The molecule has 0 bridgehead atoms. The predicted octanol–water partition coefficient (Wildman–Crippen LogP) is 0.753. The summed E-state index contributed by atoms with van der Waals surface area (Å²) in [5, 5.41) is 2.59. The third kappa shape index (κ3) is 2.45. The molecule has 0 spiro atoms. The minimum Gasteiger partial charge on any atom is -0.382 e. The van der Waals surface area contributed by atoms with E-state index in [1.54, 1.807) is 0 Å². The van der Waals surface area contributed by atoms with Crippen LogP contribution in [0.25, 0.3) is 0 Å². The van der Waals surface area contributed by atoms with Crippen molar-refractivity contribution in [1.82, 2.24) is 10.2 Å². The fraction of sp³-hybridized carbons (Fsp3) is 0.333. The van der Waals surface area contributed by atoms with Gasteiger partial charge in [0.25, 0.3) is 5.91 Å². The lowest BCUT2D eigenvalue weighted by Gasteiger charge is -2.12. The van der Waals surface area contributed by atoms with E-state index in [1.165, 1.54) is 12.0 Å². The van der Waals surface area contributed by atoms with Gasteiger partial charge >= 0.3 is 6.03 Å². The van der Waals surface area contributed by atoms with Crippen LogP contribution in [0.3, 0.4) is 0 Å². The highest BCUT2D eigenvalue weighted by Gasteiger charge is 2.37. The lowest BCUT2D eigenvalue weighted by atomic mass is 10.2. The van der Waals surface area contributed by atoms with Crippen molar-refractivity contribution in [2.75, 3.05) is 13.7 Å². The fourth-order valence-electron chi connectivity index (χ4n) is 1.77. The lowest BCUT2D eigenvalue weighted by Crippen LogP contribution is -2.33. The molecular formula is C12H14N2O3. The lowest BCUT2D eigenvalue weighted by molar-refractivity contribution is -0.128. The quantitative estimate of drug-likeness (QED) is 0.782. The minimum absolute atomic E-state index is 0.204. The number of rotatable bonds is 4. The first-order chi connectivity index (χ1) is 8.22. The van der Waals surface area contributed by atoms with Gasteiger partial charge in [0.2, 0.25) is 0 Å². The van der Waals surface area contributed by atoms with Crippen molar-refractivity contribution in [3.05, 3.63) is 35.9 Å². The van der Waals surface area contributed by atoms with E-state index in [9.17, 15) is 9.59 Å². The summed E-state index contributed by atoms with van der Waals surface area (Å²) < 4.78 is 4.88. The Morgan fingerprint density at radius 1 is 1.29 bits per heavy atom. The van der Waals surface area contributed by atoms with Crippen LogP contribution in [0.2, 0.25) is 0 Å². The highest BCUT2D eigenvalue weighted by molar-refractivity contribution is 6.04. The molecule has 1 saturated heterocycles. The number of nitrogens with one attached hydrogen (secondary N) is 1. The molecule has 1 aliphatic rings. The zero-order valence-corrected chi connectivity index (χ0v) is 9.55. The third-order valence-corrected chi connectivity index (χ3v) is 2.62. The standard InChI is InChI=1S/C12H14N2O3/c1-17-8-10-11(15)14(12(16)13-10)7-9-5-3-2-4-6-9/h2-6,10H,7-8H2,1H3,(H,13,16). The topological polar surface area (TPSA) is 58.6 Å². The number of hydrogen-bond acceptors (Lipinski definition) is 3. The fourth-order valence-corrected chi connectivity index (χ4v) is 1.77. The predicted molar refractivity (Wildman–Crippen MR) is 61.2 cm³/mol. The van der Waals surface area contributed by atoms with Crippen molar-refractivity contribution < 1.29 is 14.3 Å². The number of ether oxygens (including phenoxy) is 1. The van der Waals surface area contributed by atoms with Gasteiger partial charge in [0.1, 0.15) is 6.04 Å². The normalized spacial score (nSPS) is 19.6. The van der Waals surface area contributed by atoms with E-state index in [4.69, 9.17) is 4.74 Å². The number of carbonyl (C=O) groups is 2. The molecule has 90 valence electrons. The average Bonchev–Trinajstić information content (AvgIpc) is 2.59. The molecule has 1 aromatic carbocycles. The van der Waals surface area contributed by atoms with Crippen molar-refractivity contribution >= 4 is 11.9 Å². The molecule has 1 N–H and O–H groups in total. The minimum atomic E-state index is -0.559. The Bertz CT molecular complexity index is 419. The second-order valence-electron chi connectivity index (χ2n) is 3.87. The van der Waals surface area contributed by atoms with Gasteiger partial charge in [0, 0.05) is 7.11 Å².